The van der Waals surface area contributed by atoms with Crippen LogP contribution in [0.2, 0.25) is 0 Å². The second-order valence-corrected chi connectivity index (χ2v) is 6.54. The zero-order valence-electron chi connectivity index (χ0n) is 13.7. The highest BCUT2D eigenvalue weighted by Gasteiger charge is 2.38. The van der Waals surface area contributed by atoms with Crippen molar-refractivity contribution in [2.45, 2.75) is 31.3 Å². The summed E-state index contributed by atoms with van der Waals surface area (Å²) in [6.45, 7) is 1.80. The lowest BCUT2D eigenvalue weighted by Gasteiger charge is -2.27. The van der Waals surface area contributed by atoms with Gasteiger partial charge < -0.3 is 10.2 Å². The molecule has 2 fully saturated rings. The molecule has 2 aliphatic heterocycles. The number of nitrogens with one attached hydrogen (secondary N) is 1. The molecule has 8 heteroatoms. The van der Waals surface area contributed by atoms with Crippen LogP contribution in [0.4, 0.5) is 5.69 Å². The van der Waals surface area contributed by atoms with Crippen molar-refractivity contribution in [2.75, 3.05) is 13.1 Å². The first-order chi connectivity index (χ1) is 12.1. The van der Waals surface area contributed by atoms with E-state index in [1.807, 2.05) is 4.90 Å². The van der Waals surface area contributed by atoms with Gasteiger partial charge in [0.2, 0.25) is 0 Å². The van der Waals surface area contributed by atoms with Gasteiger partial charge in [0.1, 0.15) is 0 Å². The standard InChI is InChI=1S/C17H19N5O3/c23-17(21-14-3-6-16(21)10-18-8-7-14)12-9-19-20(11-12)13-1-4-15(5-2-13)22(24)25/h1-2,4-5,9,11,14,16,18H,3,6-8,10H2. The maximum atomic E-state index is 13.0. The third-order valence-corrected chi connectivity index (χ3v) is 5.04. The molecular weight excluding hydrogens is 322 g/mol. The van der Waals surface area contributed by atoms with Gasteiger partial charge >= 0.3 is 0 Å². The van der Waals surface area contributed by atoms with Crippen molar-refractivity contribution < 1.29 is 9.72 Å². The minimum absolute atomic E-state index is 0.0179. The minimum atomic E-state index is -0.440. The SMILES string of the molecule is O=C(c1cnn(-c2ccc([N+](=O)[O-])cc2)c1)N1C2CCNCC1CC2. The normalized spacial score (nSPS) is 22.6. The Kier molecular flexibility index (Phi) is 3.96. The van der Waals surface area contributed by atoms with Gasteiger partial charge in [0, 0.05) is 37.0 Å². The molecule has 0 saturated carbocycles. The number of hydrogen-bond acceptors (Lipinski definition) is 5. The Balaban J connectivity index is 1.56. The molecule has 1 aromatic heterocycles. The molecule has 2 aromatic rings. The van der Waals surface area contributed by atoms with Crippen LogP contribution in [0.25, 0.3) is 5.69 Å². The molecule has 2 aliphatic rings. The fourth-order valence-corrected chi connectivity index (χ4v) is 3.76. The van der Waals surface area contributed by atoms with Crippen LogP contribution in [0, 0.1) is 10.1 Å². The number of carbonyl (C=O) groups is 1. The van der Waals surface area contributed by atoms with Crippen LogP contribution in [-0.2, 0) is 0 Å². The van der Waals surface area contributed by atoms with E-state index in [-0.39, 0.29) is 17.6 Å². The number of hydrogen-bond donors (Lipinski definition) is 1. The molecule has 2 atom stereocenters. The lowest BCUT2D eigenvalue weighted by molar-refractivity contribution is -0.384. The van der Waals surface area contributed by atoms with E-state index in [4.69, 9.17) is 0 Å². The van der Waals surface area contributed by atoms with Gasteiger partial charge in [-0.2, -0.15) is 5.10 Å². The third kappa shape index (κ3) is 2.89. The Bertz CT molecular complexity index is 787. The monoisotopic (exact) mass is 341 g/mol. The van der Waals surface area contributed by atoms with E-state index >= 15 is 0 Å². The maximum absolute atomic E-state index is 13.0. The minimum Gasteiger partial charge on any atom is -0.331 e. The smallest absolute Gasteiger partial charge is 0.269 e. The molecule has 1 N–H and O–H groups in total. The predicted octanol–water partition coefficient (Wildman–Crippen LogP) is 1.75. The van der Waals surface area contributed by atoms with Crippen molar-refractivity contribution in [1.29, 1.82) is 0 Å². The number of aromatic nitrogens is 2. The lowest BCUT2D eigenvalue weighted by Crippen LogP contribution is -2.42. The molecule has 0 spiro atoms. The summed E-state index contributed by atoms with van der Waals surface area (Å²) in [4.78, 5) is 25.3. The molecule has 8 nitrogen and oxygen atoms in total. The van der Waals surface area contributed by atoms with Crippen LogP contribution in [0.3, 0.4) is 0 Å². The Morgan fingerprint density at radius 2 is 1.96 bits per heavy atom. The number of non-ortho nitro benzene ring substituents is 1. The maximum Gasteiger partial charge on any atom is 0.269 e. The summed E-state index contributed by atoms with van der Waals surface area (Å²) in [5.74, 6) is 0.0179. The van der Waals surface area contributed by atoms with Gasteiger partial charge in [0.25, 0.3) is 11.6 Å². The number of nitrogens with zero attached hydrogens (tertiary/aromatic N) is 4. The van der Waals surface area contributed by atoms with Crippen LogP contribution in [-0.4, -0.2) is 50.7 Å². The number of rotatable bonds is 3. The lowest BCUT2D eigenvalue weighted by atomic mass is 10.1. The van der Waals surface area contributed by atoms with E-state index in [0.29, 0.717) is 17.3 Å². The zero-order valence-corrected chi connectivity index (χ0v) is 13.7. The molecule has 25 heavy (non-hydrogen) atoms. The van der Waals surface area contributed by atoms with Crippen molar-refractivity contribution in [2.24, 2.45) is 0 Å². The van der Waals surface area contributed by atoms with E-state index < -0.39 is 4.92 Å². The number of nitro benzene ring substituents is 1. The van der Waals surface area contributed by atoms with E-state index in [9.17, 15) is 14.9 Å². The second-order valence-electron chi connectivity index (χ2n) is 6.54. The summed E-state index contributed by atoms with van der Waals surface area (Å²) >= 11 is 0. The van der Waals surface area contributed by atoms with E-state index in [0.717, 1.165) is 32.4 Å². The van der Waals surface area contributed by atoms with Crippen LogP contribution in [0.15, 0.2) is 36.7 Å². The topological polar surface area (TPSA) is 93.3 Å². The Morgan fingerprint density at radius 1 is 1.20 bits per heavy atom. The van der Waals surface area contributed by atoms with Crippen LogP contribution in [0.1, 0.15) is 29.6 Å². The summed E-state index contributed by atoms with van der Waals surface area (Å²) < 4.78 is 1.58. The van der Waals surface area contributed by atoms with Gasteiger partial charge in [-0.1, -0.05) is 0 Å². The highest BCUT2D eigenvalue weighted by molar-refractivity contribution is 5.94. The van der Waals surface area contributed by atoms with Crippen molar-refractivity contribution >= 4 is 11.6 Å². The Hall–Kier alpha value is -2.74. The summed E-state index contributed by atoms with van der Waals surface area (Å²) in [6, 6.07) is 6.66. The molecule has 2 saturated heterocycles. The van der Waals surface area contributed by atoms with Crippen LogP contribution >= 0.6 is 0 Å². The summed E-state index contributed by atoms with van der Waals surface area (Å²) in [5.41, 5.74) is 1.27. The predicted molar refractivity (Wildman–Crippen MR) is 90.7 cm³/mol. The van der Waals surface area contributed by atoms with Gasteiger partial charge in [-0.15, -0.1) is 0 Å². The highest BCUT2D eigenvalue weighted by Crippen LogP contribution is 2.29. The first-order valence-electron chi connectivity index (χ1n) is 8.46. The molecular formula is C17H19N5O3. The second kappa shape index (κ2) is 6.29. The summed E-state index contributed by atoms with van der Waals surface area (Å²) in [7, 11) is 0. The largest absolute Gasteiger partial charge is 0.331 e. The molecule has 0 radical (unpaired) electrons. The fourth-order valence-electron chi connectivity index (χ4n) is 3.76. The summed E-state index contributed by atoms with van der Waals surface area (Å²) in [5, 5.41) is 18.4. The number of carbonyl (C=O) groups excluding carboxylic acids is 1. The van der Waals surface area contributed by atoms with Crippen molar-refractivity contribution in [3.63, 3.8) is 0 Å². The highest BCUT2D eigenvalue weighted by atomic mass is 16.6. The van der Waals surface area contributed by atoms with Crippen molar-refractivity contribution in [3.8, 4) is 5.69 Å². The van der Waals surface area contributed by atoms with E-state index in [2.05, 4.69) is 10.4 Å². The number of benzene rings is 1. The molecule has 0 aliphatic carbocycles. The molecule has 3 heterocycles. The fraction of sp³-hybridized carbons (Fsp3) is 0.412. The molecule has 4 rings (SSSR count). The van der Waals surface area contributed by atoms with Crippen molar-refractivity contribution in [3.05, 3.63) is 52.3 Å². The van der Waals surface area contributed by atoms with Gasteiger partial charge in [-0.3, -0.25) is 14.9 Å². The molecule has 2 bridgehead atoms. The number of fused-ring (bicyclic) bond motifs is 2. The average molecular weight is 341 g/mol. The molecule has 2 unspecified atom stereocenters. The van der Waals surface area contributed by atoms with Crippen LogP contribution < -0.4 is 5.32 Å². The van der Waals surface area contributed by atoms with Crippen molar-refractivity contribution in [1.82, 2.24) is 20.0 Å². The van der Waals surface area contributed by atoms with Gasteiger partial charge in [-0.25, -0.2) is 4.68 Å². The summed E-state index contributed by atoms with van der Waals surface area (Å²) in [6.07, 6.45) is 6.36. The van der Waals surface area contributed by atoms with Gasteiger partial charge in [0.15, 0.2) is 0 Å². The first kappa shape index (κ1) is 15.8. The van der Waals surface area contributed by atoms with Gasteiger partial charge in [-0.05, 0) is 37.9 Å². The van der Waals surface area contributed by atoms with Gasteiger partial charge in [0.05, 0.1) is 22.4 Å². The molecule has 1 amide bonds. The zero-order chi connectivity index (χ0) is 17.4. The quantitative estimate of drug-likeness (QED) is 0.678. The Labute approximate surface area is 144 Å². The van der Waals surface area contributed by atoms with E-state index in [1.165, 1.54) is 12.1 Å². The third-order valence-electron chi connectivity index (χ3n) is 5.04. The van der Waals surface area contributed by atoms with E-state index in [1.54, 1.807) is 29.2 Å². The molecule has 130 valence electrons. The average Bonchev–Trinajstić information content (AvgIpc) is 3.18. The molecule has 1 aromatic carbocycles. The Morgan fingerprint density at radius 3 is 2.72 bits per heavy atom. The van der Waals surface area contributed by atoms with Crippen LogP contribution in [0.5, 0.6) is 0 Å². The number of nitro groups is 1. The number of amides is 1. The first-order valence-corrected chi connectivity index (χ1v) is 8.46.